The molecule has 0 aliphatic carbocycles. The van der Waals surface area contributed by atoms with Crippen LogP contribution in [0.25, 0.3) is 0 Å². The van der Waals surface area contributed by atoms with Crippen LogP contribution in [0.3, 0.4) is 0 Å². The molecule has 1 aromatic heterocycles. The summed E-state index contributed by atoms with van der Waals surface area (Å²) in [6, 6.07) is 26.9. The number of rotatable bonds is 8. The van der Waals surface area contributed by atoms with Crippen molar-refractivity contribution in [3.8, 4) is 11.5 Å². The molecule has 0 radical (unpaired) electrons. The van der Waals surface area contributed by atoms with Gasteiger partial charge in [-0.2, -0.15) is 0 Å². The molecule has 42 heavy (non-hydrogen) atoms. The average molecular weight is 582 g/mol. The molecule has 214 valence electrons. The zero-order valence-electron chi connectivity index (χ0n) is 23.1. The number of nitrogens with zero attached hydrogens (tertiary/aromatic N) is 3. The van der Waals surface area contributed by atoms with Crippen LogP contribution in [0.5, 0.6) is 11.5 Å². The zero-order chi connectivity index (χ0) is 28.5. The molecule has 4 heterocycles. The minimum atomic E-state index is -1.33. The number of anilines is 1. The van der Waals surface area contributed by atoms with Gasteiger partial charge in [0.05, 0.1) is 58.4 Å². The summed E-state index contributed by atoms with van der Waals surface area (Å²) < 4.78 is 30.3. The van der Waals surface area contributed by atoms with Gasteiger partial charge in [0.1, 0.15) is 0 Å². The lowest BCUT2D eigenvalue weighted by Crippen LogP contribution is -2.37. The molecule has 3 aliphatic rings. The van der Waals surface area contributed by atoms with Crippen LogP contribution in [0.2, 0.25) is 0 Å². The summed E-state index contributed by atoms with van der Waals surface area (Å²) >= 11 is 0. The summed E-state index contributed by atoms with van der Waals surface area (Å²) in [6.45, 7) is 3.25. The first-order chi connectivity index (χ1) is 20.6. The highest BCUT2D eigenvalue weighted by Crippen LogP contribution is 2.40. The molecule has 1 fully saturated rings. The third kappa shape index (κ3) is 5.26. The number of carbonyl (C=O) groups excluding carboxylic acids is 1. The number of fused-ring (bicyclic) bond motifs is 2. The second-order valence-corrected chi connectivity index (χ2v) is 12.1. The molecule has 0 saturated carbocycles. The quantitative estimate of drug-likeness (QED) is 0.297. The van der Waals surface area contributed by atoms with Crippen LogP contribution in [0, 0.1) is 0 Å². The topological polar surface area (TPSA) is 81.2 Å². The van der Waals surface area contributed by atoms with E-state index in [2.05, 4.69) is 17.0 Å². The Morgan fingerprint density at radius 2 is 1.60 bits per heavy atom. The second kappa shape index (κ2) is 11.6. The highest BCUT2D eigenvalue weighted by atomic mass is 32.2. The Hall–Kier alpha value is -4.21. The molecule has 0 spiro atoms. The molecule has 8 nitrogen and oxygen atoms in total. The number of carbonyl (C=O) groups is 1. The van der Waals surface area contributed by atoms with Gasteiger partial charge in [-0.25, -0.2) is 0 Å². The van der Waals surface area contributed by atoms with Crippen molar-refractivity contribution in [1.29, 1.82) is 0 Å². The Bertz CT molecular complexity index is 1630. The Morgan fingerprint density at radius 1 is 0.857 bits per heavy atom. The molecule has 3 aliphatic heterocycles. The fraction of sp³-hybridized carbons (Fsp3) is 0.273. The fourth-order valence-electron chi connectivity index (χ4n) is 5.82. The minimum absolute atomic E-state index is 0.106. The van der Waals surface area contributed by atoms with Gasteiger partial charge in [0.2, 0.25) is 6.79 Å². The molecular formula is C33H31N3O5S. The van der Waals surface area contributed by atoms with Gasteiger partial charge in [-0.15, -0.1) is 0 Å². The van der Waals surface area contributed by atoms with Gasteiger partial charge < -0.3 is 24.0 Å². The number of hydrogen-bond donors (Lipinski definition) is 0. The smallest absolute Gasteiger partial charge is 0.256 e. The van der Waals surface area contributed by atoms with E-state index in [0.29, 0.717) is 48.9 Å². The van der Waals surface area contributed by atoms with E-state index < -0.39 is 16.8 Å². The van der Waals surface area contributed by atoms with E-state index in [1.807, 2.05) is 77.7 Å². The summed E-state index contributed by atoms with van der Waals surface area (Å²) in [5, 5.41) is 0. The SMILES string of the molecule is O=C1c2cc(N3CCOCC3)c(Cc3ccccc3)nc2C(CS(=O)c2ccccc2)N1Cc1ccc2c(c1)OCO2. The minimum Gasteiger partial charge on any atom is -0.454 e. The highest BCUT2D eigenvalue weighted by Gasteiger charge is 2.40. The fourth-order valence-corrected chi connectivity index (χ4v) is 7.10. The maximum Gasteiger partial charge on any atom is 0.256 e. The Kier molecular flexibility index (Phi) is 7.36. The Balaban J connectivity index is 1.30. The first kappa shape index (κ1) is 26.7. The van der Waals surface area contributed by atoms with E-state index >= 15 is 0 Å². The summed E-state index contributed by atoms with van der Waals surface area (Å²) in [6.07, 6.45) is 0.631. The maximum absolute atomic E-state index is 14.2. The summed E-state index contributed by atoms with van der Waals surface area (Å²) in [5.74, 6) is 1.51. The standard InChI is InChI=1S/C33H31N3O5S/c37-33-26-19-28(35-13-15-39-16-14-35)27(17-23-7-3-1-4-8-23)34-32(26)29(21-42(38)25-9-5-2-6-10-25)36(33)20-24-11-12-30-31(18-24)41-22-40-30/h1-12,18-19,29H,13-17,20-22H2. The first-order valence-corrected chi connectivity index (χ1v) is 15.5. The summed E-state index contributed by atoms with van der Waals surface area (Å²) in [4.78, 5) is 24.2. The van der Waals surface area contributed by atoms with Crippen molar-refractivity contribution < 1.29 is 23.2 Å². The molecule has 2 unspecified atom stereocenters. The van der Waals surface area contributed by atoms with Crippen LogP contribution in [-0.4, -0.2) is 58.8 Å². The van der Waals surface area contributed by atoms with Crippen LogP contribution in [0.4, 0.5) is 5.69 Å². The van der Waals surface area contributed by atoms with Crippen LogP contribution in [0.1, 0.15) is 38.9 Å². The number of hydrogen-bond acceptors (Lipinski definition) is 7. The van der Waals surface area contributed by atoms with Crippen LogP contribution < -0.4 is 14.4 Å². The molecule has 0 N–H and O–H groups in total. The van der Waals surface area contributed by atoms with Crippen molar-refractivity contribution in [1.82, 2.24) is 9.88 Å². The number of aromatic nitrogens is 1. The number of amides is 1. The average Bonchev–Trinajstić information content (AvgIpc) is 3.60. The lowest BCUT2D eigenvalue weighted by molar-refractivity contribution is 0.0724. The molecular weight excluding hydrogens is 550 g/mol. The summed E-state index contributed by atoms with van der Waals surface area (Å²) in [5.41, 5.74) is 5.19. The monoisotopic (exact) mass is 581 g/mol. The largest absolute Gasteiger partial charge is 0.454 e. The van der Waals surface area contributed by atoms with E-state index in [1.165, 1.54) is 0 Å². The van der Waals surface area contributed by atoms with Crippen molar-refractivity contribution in [2.75, 3.05) is 43.7 Å². The predicted molar refractivity (Wildman–Crippen MR) is 159 cm³/mol. The molecule has 2 atom stereocenters. The van der Waals surface area contributed by atoms with Gasteiger partial charge >= 0.3 is 0 Å². The Morgan fingerprint density at radius 3 is 2.38 bits per heavy atom. The normalized spacial score (nSPS) is 18.3. The van der Waals surface area contributed by atoms with Crippen molar-refractivity contribution in [2.45, 2.75) is 23.9 Å². The maximum atomic E-state index is 14.2. The van der Waals surface area contributed by atoms with Crippen molar-refractivity contribution >= 4 is 22.4 Å². The molecule has 3 aromatic carbocycles. The first-order valence-electron chi connectivity index (χ1n) is 14.2. The van der Waals surface area contributed by atoms with Crippen molar-refractivity contribution in [3.05, 3.63) is 113 Å². The van der Waals surface area contributed by atoms with E-state index in [0.717, 1.165) is 40.5 Å². The summed E-state index contributed by atoms with van der Waals surface area (Å²) in [7, 11) is -1.33. The number of pyridine rings is 1. The molecule has 7 rings (SSSR count). The molecule has 1 amide bonds. The second-order valence-electron chi connectivity index (χ2n) is 10.6. The Labute approximate surface area is 247 Å². The van der Waals surface area contributed by atoms with Crippen LogP contribution >= 0.6 is 0 Å². The molecule has 0 bridgehead atoms. The highest BCUT2D eigenvalue weighted by molar-refractivity contribution is 7.85. The van der Waals surface area contributed by atoms with Gasteiger partial charge in [0, 0.05) is 31.0 Å². The van der Waals surface area contributed by atoms with Gasteiger partial charge in [-0.05, 0) is 41.5 Å². The van der Waals surface area contributed by atoms with Gasteiger partial charge in [0.25, 0.3) is 5.91 Å². The number of ether oxygens (including phenoxy) is 3. The van der Waals surface area contributed by atoms with Gasteiger partial charge in [0.15, 0.2) is 11.5 Å². The number of benzene rings is 3. The van der Waals surface area contributed by atoms with E-state index in [-0.39, 0.29) is 18.5 Å². The van der Waals surface area contributed by atoms with Gasteiger partial charge in [-0.1, -0.05) is 54.6 Å². The lowest BCUT2D eigenvalue weighted by Gasteiger charge is -2.30. The van der Waals surface area contributed by atoms with Crippen molar-refractivity contribution in [2.24, 2.45) is 0 Å². The van der Waals surface area contributed by atoms with E-state index in [4.69, 9.17) is 19.2 Å². The number of morpholine rings is 1. The lowest BCUT2D eigenvalue weighted by atomic mass is 10.0. The third-order valence-corrected chi connectivity index (χ3v) is 9.38. The van der Waals surface area contributed by atoms with Crippen molar-refractivity contribution in [3.63, 3.8) is 0 Å². The molecule has 9 heteroatoms. The van der Waals surface area contributed by atoms with Gasteiger partial charge in [-0.3, -0.25) is 14.0 Å². The van der Waals surface area contributed by atoms with E-state index in [1.54, 1.807) is 0 Å². The predicted octanol–water partition coefficient (Wildman–Crippen LogP) is 4.74. The van der Waals surface area contributed by atoms with Crippen LogP contribution in [-0.2, 0) is 28.5 Å². The molecule has 4 aromatic rings. The third-order valence-electron chi connectivity index (χ3n) is 7.96. The molecule has 1 saturated heterocycles. The zero-order valence-corrected chi connectivity index (χ0v) is 23.9. The van der Waals surface area contributed by atoms with Crippen LogP contribution in [0.15, 0.2) is 89.8 Å². The van der Waals surface area contributed by atoms with E-state index in [9.17, 15) is 9.00 Å².